The van der Waals surface area contributed by atoms with E-state index in [4.69, 9.17) is 0 Å². The van der Waals surface area contributed by atoms with E-state index in [2.05, 4.69) is 21.4 Å². The van der Waals surface area contributed by atoms with Gasteiger partial charge in [0.1, 0.15) is 5.82 Å². The highest BCUT2D eigenvalue weighted by atomic mass is 16.1. The van der Waals surface area contributed by atoms with Crippen molar-refractivity contribution in [3.63, 3.8) is 0 Å². The summed E-state index contributed by atoms with van der Waals surface area (Å²) >= 11 is 0. The largest absolute Gasteiger partial charge is 0.345 e. The number of imidazole rings is 1. The topological polar surface area (TPSA) is 46.9 Å². The van der Waals surface area contributed by atoms with Gasteiger partial charge in [-0.25, -0.2) is 4.98 Å². The summed E-state index contributed by atoms with van der Waals surface area (Å²) < 4.78 is 2.07. The Morgan fingerprint density at radius 3 is 2.70 bits per heavy atom. The number of nitrogens with one attached hydrogen (secondary N) is 1. The molecule has 4 nitrogen and oxygen atoms in total. The lowest BCUT2D eigenvalue weighted by atomic mass is 10.1. The van der Waals surface area contributed by atoms with Gasteiger partial charge in [-0.05, 0) is 31.2 Å². The molecule has 0 radical (unpaired) electrons. The van der Waals surface area contributed by atoms with Crippen LogP contribution < -0.4 is 5.32 Å². The zero-order valence-corrected chi connectivity index (χ0v) is 13.1. The van der Waals surface area contributed by atoms with Crippen molar-refractivity contribution in [1.82, 2.24) is 14.9 Å². The van der Waals surface area contributed by atoms with E-state index in [1.54, 1.807) is 0 Å². The number of nitrogens with zero attached hydrogens (tertiary/aromatic N) is 2. The quantitative estimate of drug-likeness (QED) is 0.734. The molecule has 116 valence electrons. The second kappa shape index (κ2) is 6.48. The summed E-state index contributed by atoms with van der Waals surface area (Å²) in [6.07, 6.45) is 1.83. The molecule has 0 spiro atoms. The van der Waals surface area contributed by atoms with Crippen LogP contribution in [0, 0.1) is 6.92 Å². The van der Waals surface area contributed by atoms with Gasteiger partial charge in [-0.3, -0.25) is 4.79 Å². The van der Waals surface area contributed by atoms with Crippen LogP contribution in [-0.2, 0) is 13.1 Å². The number of fused-ring (bicyclic) bond motifs is 1. The number of rotatable bonds is 5. The number of carbonyl (C=O) groups is 1. The van der Waals surface area contributed by atoms with Crippen LogP contribution in [0.5, 0.6) is 0 Å². The van der Waals surface area contributed by atoms with Crippen molar-refractivity contribution in [2.75, 3.05) is 0 Å². The molecule has 23 heavy (non-hydrogen) atoms. The summed E-state index contributed by atoms with van der Waals surface area (Å²) in [5, 5.41) is 2.94. The van der Waals surface area contributed by atoms with Crippen LogP contribution in [0.4, 0.5) is 0 Å². The van der Waals surface area contributed by atoms with Crippen molar-refractivity contribution in [2.45, 2.75) is 20.0 Å². The summed E-state index contributed by atoms with van der Waals surface area (Å²) in [5.41, 5.74) is 3.76. The number of benzene rings is 2. The molecule has 1 heterocycles. The Hall–Kier alpha value is -2.88. The summed E-state index contributed by atoms with van der Waals surface area (Å²) in [6, 6.07) is 15.5. The highest BCUT2D eigenvalue weighted by Crippen LogP contribution is 2.16. The van der Waals surface area contributed by atoms with E-state index in [-0.39, 0.29) is 5.91 Å². The van der Waals surface area contributed by atoms with E-state index < -0.39 is 0 Å². The van der Waals surface area contributed by atoms with E-state index in [1.165, 1.54) is 0 Å². The predicted molar refractivity (Wildman–Crippen MR) is 92.3 cm³/mol. The lowest BCUT2D eigenvalue weighted by molar-refractivity contribution is 0.0949. The van der Waals surface area contributed by atoms with Crippen LogP contribution in [-0.4, -0.2) is 15.5 Å². The van der Waals surface area contributed by atoms with Crippen molar-refractivity contribution in [2.24, 2.45) is 0 Å². The van der Waals surface area contributed by atoms with Crippen molar-refractivity contribution in [3.05, 3.63) is 78.1 Å². The van der Waals surface area contributed by atoms with Gasteiger partial charge in [0.2, 0.25) is 0 Å². The van der Waals surface area contributed by atoms with Gasteiger partial charge in [0.25, 0.3) is 5.91 Å². The fourth-order valence-electron chi connectivity index (χ4n) is 2.56. The van der Waals surface area contributed by atoms with Crippen LogP contribution in [0.15, 0.2) is 61.2 Å². The van der Waals surface area contributed by atoms with Gasteiger partial charge >= 0.3 is 0 Å². The third kappa shape index (κ3) is 3.16. The average Bonchev–Trinajstić information content (AvgIpc) is 2.92. The Bertz CT molecular complexity index is 847. The number of hydrogen-bond donors (Lipinski definition) is 1. The van der Waals surface area contributed by atoms with Crippen LogP contribution >= 0.6 is 0 Å². The van der Waals surface area contributed by atoms with Gasteiger partial charge in [-0.1, -0.05) is 35.9 Å². The lowest BCUT2D eigenvalue weighted by Crippen LogP contribution is -2.24. The molecule has 0 aliphatic heterocycles. The zero-order chi connectivity index (χ0) is 16.2. The van der Waals surface area contributed by atoms with Gasteiger partial charge in [-0.2, -0.15) is 0 Å². The summed E-state index contributed by atoms with van der Waals surface area (Å²) in [4.78, 5) is 16.9. The highest BCUT2D eigenvalue weighted by Gasteiger charge is 2.11. The molecule has 0 saturated heterocycles. The van der Waals surface area contributed by atoms with E-state index >= 15 is 0 Å². The van der Waals surface area contributed by atoms with E-state index in [9.17, 15) is 4.79 Å². The van der Waals surface area contributed by atoms with Crippen LogP contribution in [0.1, 0.15) is 21.7 Å². The Morgan fingerprint density at radius 2 is 1.96 bits per heavy atom. The van der Waals surface area contributed by atoms with Gasteiger partial charge in [0.15, 0.2) is 0 Å². The molecule has 2 aromatic carbocycles. The van der Waals surface area contributed by atoms with Crippen molar-refractivity contribution < 1.29 is 4.79 Å². The number of hydrogen-bond acceptors (Lipinski definition) is 2. The van der Waals surface area contributed by atoms with E-state index in [0.717, 1.165) is 22.4 Å². The molecule has 0 fully saturated rings. The average molecular weight is 305 g/mol. The zero-order valence-electron chi connectivity index (χ0n) is 13.1. The van der Waals surface area contributed by atoms with Crippen molar-refractivity contribution in [1.29, 1.82) is 0 Å². The van der Waals surface area contributed by atoms with Crippen molar-refractivity contribution in [3.8, 4) is 0 Å². The SMILES string of the molecule is C=CCn1c(CNC(=O)c2ccc(C)cc2)nc2ccccc21. The Kier molecular flexibility index (Phi) is 4.24. The Morgan fingerprint density at radius 1 is 1.22 bits per heavy atom. The maximum Gasteiger partial charge on any atom is 0.251 e. The number of para-hydroxylation sites is 2. The standard InChI is InChI=1S/C19H19N3O/c1-3-12-22-17-7-5-4-6-16(17)21-18(22)13-20-19(23)15-10-8-14(2)9-11-15/h3-11H,1,12-13H2,2H3,(H,20,23). The molecule has 3 rings (SSSR count). The number of aryl methyl sites for hydroxylation is 1. The summed E-state index contributed by atoms with van der Waals surface area (Å²) in [7, 11) is 0. The third-order valence-electron chi connectivity index (χ3n) is 3.77. The molecule has 1 N–H and O–H groups in total. The smallest absolute Gasteiger partial charge is 0.251 e. The van der Waals surface area contributed by atoms with Gasteiger partial charge in [0, 0.05) is 12.1 Å². The Labute approximate surface area is 135 Å². The molecule has 0 atom stereocenters. The van der Waals surface area contributed by atoms with E-state index in [0.29, 0.717) is 18.7 Å². The Balaban J connectivity index is 1.81. The molecular weight excluding hydrogens is 286 g/mol. The van der Waals surface area contributed by atoms with Crippen molar-refractivity contribution >= 4 is 16.9 Å². The number of amides is 1. The number of allylic oxidation sites excluding steroid dienone is 1. The number of aromatic nitrogens is 2. The maximum absolute atomic E-state index is 12.2. The predicted octanol–water partition coefficient (Wildman–Crippen LogP) is 3.46. The maximum atomic E-state index is 12.2. The second-order valence-electron chi connectivity index (χ2n) is 5.46. The van der Waals surface area contributed by atoms with Gasteiger partial charge in [0.05, 0.1) is 17.6 Å². The van der Waals surface area contributed by atoms with Crippen LogP contribution in [0.25, 0.3) is 11.0 Å². The minimum absolute atomic E-state index is 0.0952. The highest BCUT2D eigenvalue weighted by molar-refractivity contribution is 5.94. The van der Waals surface area contributed by atoms with Crippen LogP contribution in [0.2, 0.25) is 0 Å². The number of carbonyl (C=O) groups excluding carboxylic acids is 1. The molecule has 1 aromatic heterocycles. The molecular formula is C19H19N3O. The van der Waals surface area contributed by atoms with E-state index in [1.807, 2.05) is 61.5 Å². The third-order valence-corrected chi connectivity index (χ3v) is 3.77. The molecule has 0 bridgehead atoms. The minimum atomic E-state index is -0.0952. The molecule has 1 amide bonds. The van der Waals surface area contributed by atoms with Crippen LogP contribution in [0.3, 0.4) is 0 Å². The first kappa shape index (κ1) is 15.0. The molecule has 0 aliphatic carbocycles. The first-order valence-corrected chi connectivity index (χ1v) is 7.59. The fourth-order valence-corrected chi connectivity index (χ4v) is 2.56. The van der Waals surface area contributed by atoms with Gasteiger partial charge in [-0.15, -0.1) is 6.58 Å². The normalized spacial score (nSPS) is 10.7. The molecule has 0 aliphatic rings. The fraction of sp³-hybridized carbons (Fsp3) is 0.158. The first-order chi connectivity index (χ1) is 11.2. The summed E-state index contributed by atoms with van der Waals surface area (Å²) in [5.74, 6) is 0.730. The first-order valence-electron chi connectivity index (χ1n) is 7.59. The molecule has 0 saturated carbocycles. The van der Waals surface area contributed by atoms with Gasteiger partial charge < -0.3 is 9.88 Å². The minimum Gasteiger partial charge on any atom is -0.345 e. The second-order valence-corrected chi connectivity index (χ2v) is 5.46. The lowest BCUT2D eigenvalue weighted by Gasteiger charge is -2.08. The molecule has 3 aromatic rings. The monoisotopic (exact) mass is 305 g/mol. The molecule has 4 heteroatoms. The molecule has 0 unspecified atom stereocenters. The summed E-state index contributed by atoms with van der Waals surface area (Å²) in [6.45, 7) is 6.85.